The van der Waals surface area contributed by atoms with Gasteiger partial charge >= 0.3 is 0 Å². The van der Waals surface area contributed by atoms with Crippen molar-refractivity contribution in [2.75, 3.05) is 4.90 Å². The summed E-state index contributed by atoms with van der Waals surface area (Å²) in [5.41, 5.74) is 19.0. The number of rotatable bonds is 6. The molecule has 3 nitrogen and oxygen atoms in total. The Hall–Kier alpha value is -8.66. The van der Waals surface area contributed by atoms with Gasteiger partial charge in [0.2, 0.25) is 0 Å². The van der Waals surface area contributed by atoms with Gasteiger partial charge in [0.05, 0.1) is 0 Å². The van der Waals surface area contributed by atoms with Crippen LogP contribution in [0.3, 0.4) is 0 Å². The minimum absolute atomic E-state index is 0.0639. The third-order valence-corrected chi connectivity index (χ3v) is 14.7. The highest BCUT2D eigenvalue weighted by Crippen LogP contribution is 2.52. The summed E-state index contributed by atoms with van der Waals surface area (Å²) in [5.74, 6) is 0. The largest absolute Gasteiger partial charge is 0.455 e. The molecule has 0 bridgehead atoms. The van der Waals surface area contributed by atoms with E-state index in [1.165, 1.54) is 44.2 Å². The zero-order valence-electron chi connectivity index (χ0n) is 37.6. The van der Waals surface area contributed by atoms with Crippen LogP contribution in [0.15, 0.2) is 233 Å². The van der Waals surface area contributed by atoms with E-state index in [4.69, 9.17) is 8.83 Å². The first-order valence-corrected chi connectivity index (χ1v) is 23.5. The average Bonchev–Trinajstić information content (AvgIpc) is 4.05. The van der Waals surface area contributed by atoms with Crippen LogP contribution in [-0.2, 0) is 5.41 Å². The topological polar surface area (TPSA) is 29.5 Å². The zero-order chi connectivity index (χ0) is 45.1. The molecule has 0 atom stereocenters. The standard InChI is InChI=1S/C65H43NO2/c1-65(2)58-22-8-7-16-57(58)60-48(17-11-23-59(60)65)42-24-32-45(33-25-42)66(46-34-26-43(27-35-46)51-18-9-20-53-55-38-30-40-12-3-5-14-49(40)63(55)67-61(51)53)47-36-28-44(29-37-47)52-19-10-21-54-56-39-31-41-13-4-6-15-50(41)64(56)68-62(52)54/h3-39H,1-2H3. The van der Waals surface area contributed by atoms with Crippen LogP contribution in [0.1, 0.15) is 25.0 Å². The second kappa shape index (κ2) is 14.7. The molecule has 0 amide bonds. The van der Waals surface area contributed by atoms with Gasteiger partial charge < -0.3 is 13.7 Å². The average molecular weight is 870 g/mol. The van der Waals surface area contributed by atoms with Crippen LogP contribution < -0.4 is 4.90 Å². The van der Waals surface area contributed by atoms with Gasteiger partial charge in [0, 0.05) is 65.9 Å². The van der Waals surface area contributed by atoms with Gasteiger partial charge in [-0.2, -0.15) is 0 Å². The highest BCUT2D eigenvalue weighted by molar-refractivity contribution is 6.18. The molecular formula is C65H43NO2. The van der Waals surface area contributed by atoms with Gasteiger partial charge in [0.1, 0.15) is 22.3 Å². The molecule has 320 valence electrons. The highest BCUT2D eigenvalue weighted by Gasteiger charge is 2.36. The number of nitrogens with zero attached hydrogens (tertiary/aromatic N) is 1. The Morgan fingerprint density at radius 3 is 1.21 bits per heavy atom. The maximum Gasteiger partial charge on any atom is 0.143 e. The van der Waals surface area contributed by atoms with Crippen molar-refractivity contribution < 1.29 is 8.83 Å². The van der Waals surface area contributed by atoms with Crippen LogP contribution in [-0.4, -0.2) is 0 Å². The third kappa shape index (κ3) is 5.72. The molecule has 0 saturated heterocycles. The number of furan rings is 2. The smallest absolute Gasteiger partial charge is 0.143 e. The molecule has 0 aliphatic heterocycles. The Kier molecular flexibility index (Phi) is 8.33. The van der Waals surface area contributed by atoms with Gasteiger partial charge in [-0.25, -0.2) is 0 Å². The normalized spacial score (nSPS) is 13.0. The number of fused-ring (bicyclic) bond motifs is 13. The van der Waals surface area contributed by atoms with Gasteiger partial charge in [-0.05, 0) is 104 Å². The van der Waals surface area contributed by atoms with Gasteiger partial charge in [0.15, 0.2) is 0 Å². The minimum atomic E-state index is -0.0639. The van der Waals surface area contributed by atoms with Crippen molar-refractivity contribution in [2.24, 2.45) is 0 Å². The maximum atomic E-state index is 6.77. The summed E-state index contributed by atoms with van der Waals surface area (Å²) in [5, 5.41) is 9.12. The van der Waals surface area contributed by atoms with E-state index >= 15 is 0 Å². The fourth-order valence-electron chi connectivity index (χ4n) is 11.3. The van der Waals surface area contributed by atoms with E-state index in [2.05, 4.69) is 243 Å². The van der Waals surface area contributed by atoms with E-state index in [0.717, 1.165) is 94.0 Å². The number of hydrogen-bond acceptors (Lipinski definition) is 3. The van der Waals surface area contributed by atoms with E-state index in [1.54, 1.807) is 0 Å². The monoisotopic (exact) mass is 869 g/mol. The molecule has 1 aliphatic rings. The molecule has 13 aromatic rings. The minimum Gasteiger partial charge on any atom is -0.455 e. The maximum absolute atomic E-state index is 6.77. The molecule has 2 heterocycles. The summed E-state index contributed by atoms with van der Waals surface area (Å²) >= 11 is 0. The molecule has 0 spiro atoms. The van der Waals surface area contributed by atoms with Crippen LogP contribution >= 0.6 is 0 Å². The van der Waals surface area contributed by atoms with Gasteiger partial charge in [0.25, 0.3) is 0 Å². The van der Waals surface area contributed by atoms with Crippen molar-refractivity contribution in [3.63, 3.8) is 0 Å². The Morgan fingerprint density at radius 2 is 0.676 bits per heavy atom. The Balaban J connectivity index is 0.879. The van der Waals surface area contributed by atoms with E-state index in [-0.39, 0.29) is 5.41 Å². The quantitative estimate of drug-likeness (QED) is 0.167. The van der Waals surface area contributed by atoms with Crippen molar-refractivity contribution in [3.05, 3.63) is 236 Å². The van der Waals surface area contributed by atoms with Gasteiger partial charge in [-0.3, -0.25) is 0 Å². The lowest BCUT2D eigenvalue weighted by atomic mass is 9.82. The van der Waals surface area contributed by atoms with E-state index < -0.39 is 0 Å². The third-order valence-electron chi connectivity index (χ3n) is 14.7. The molecule has 3 heteroatoms. The predicted molar refractivity (Wildman–Crippen MR) is 285 cm³/mol. The summed E-state index contributed by atoms with van der Waals surface area (Å²) in [7, 11) is 0. The van der Waals surface area contributed by atoms with Crippen LogP contribution in [0.4, 0.5) is 17.1 Å². The first-order chi connectivity index (χ1) is 33.5. The summed E-state index contributed by atoms with van der Waals surface area (Å²) in [6.45, 7) is 4.69. The molecule has 0 unspecified atom stereocenters. The fraction of sp³-hybridized carbons (Fsp3) is 0.0462. The molecule has 11 aromatic carbocycles. The molecule has 0 saturated carbocycles. The van der Waals surface area contributed by atoms with Gasteiger partial charge in [-0.1, -0.05) is 190 Å². The van der Waals surface area contributed by atoms with E-state index in [9.17, 15) is 0 Å². The van der Waals surface area contributed by atoms with Crippen molar-refractivity contribution in [1.29, 1.82) is 0 Å². The lowest BCUT2D eigenvalue weighted by molar-refractivity contribution is 0.660. The van der Waals surface area contributed by atoms with E-state index in [1.807, 2.05) is 0 Å². The van der Waals surface area contributed by atoms with Crippen molar-refractivity contribution in [3.8, 4) is 44.5 Å². The van der Waals surface area contributed by atoms with Crippen molar-refractivity contribution >= 4 is 82.5 Å². The summed E-state index contributed by atoms with van der Waals surface area (Å²) in [6.07, 6.45) is 0. The fourth-order valence-corrected chi connectivity index (χ4v) is 11.3. The van der Waals surface area contributed by atoms with E-state index in [0.29, 0.717) is 0 Å². The molecule has 0 radical (unpaired) electrons. The Morgan fingerprint density at radius 1 is 0.294 bits per heavy atom. The van der Waals surface area contributed by atoms with Crippen LogP contribution in [0, 0.1) is 0 Å². The molecular weight excluding hydrogens is 827 g/mol. The first kappa shape index (κ1) is 38.6. The SMILES string of the molecule is CC1(C)c2ccccc2-c2c(-c3ccc(N(c4ccc(-c5cccc6c5oc5c7ccccc7ccc65)cc4)c4ccc(-c5cccc6c5oc5c7ccccc7ccc65)cc4)cc3)cccc21. The zero-order valence-corrected chi connectivity index (χ0v) is 37.6. The summed E-state index contributed by atoms with van der Waals surface area (Å²) in [4.78, 5) is 2.35. The number of benzene rings is 11. The first-order valence-electron chi connectivity index (χ1n) is 23.5. The molecule has 2 aromatic heterocycles. The van der Waals surface area contributed by atoms with Crippen LogP contribution in [0.5, 0.6) is 0 Å². The number of hydrogen-bond donors (Lipinski definition) is 0. The predicted octanol–water partition coefficient (Wildman–Crippen LogP) is 18.6. The number of anilines is 3. The molecule has 0 N–H and O–H groups in total. The molecule has 0 fully saturated rings. The highest BCUT2D eigenvalue weighted by atomic mass is 16.3. The molecule has 1 aliphatic carbocycles. The van der Waals surface area contributed by atoms with Gasteiger partial charge in [-0.15, -0.1) is 0 Å². The summed E-state index contributed by atoms with van der Waals surface area (Å²) < 4.78 is 13.5. The lowest BCUT2D eigenvalue weighted by Gasteiger charge is -2.26. The molecule has 14 rings (SSSR count). The van der Waals surface area contributed by atoms with Crippen molar-refractivity contribution in [1.82, 2.24) is 0 Å². The Labute approximate surface area is 393 Å². The second-order valence-electron chi connectivity index (χ2n) is 18.8. The number of para-hydroxylation sites is 2. The lowest BCUT2D eigenvalue weighted by Crippen LogP contribution is -2.14. The summed E-state index contributed by atoms with van der Waals surface area (Å²) in [6, 6.07) is 81.2. The van der Waals surface area contributed by atoms with Crippen LogP contribution in [0.25, 0.3) is 110 Å². The van der Waals surface area contributed by atoms with Crippen molar-refractivity contribution in [2.45, 2.75) is 19.3 Å². The van der Waals surface area contributed by atoms with Crippen LogP contribution in [0.2, 0.25) is 0 Å². The Bertz CT molecular complexity index is 3950. The molecule has 68 heavy (non-hydrogen) atoms. The second-order valence-corrected chi connectivity index (χ2v) is 18.8.